The molecule has 0 saturated heterocycles. The minimum absolute atomic E-state index is 0.205. The summed E-state index contributed by atoms with van der Waals surface area (Å²) in [6.45, 7) is 5.40. The van der Waals surface area contributed by atoms with E-state index in [4.69, 9.17) is 16.3 Å². The van der Waals surface area contributed by atoms with Crippen LogP contribution in [0.1, 0.15) is 35.9 Å². The fourth-order valence-corrected chi connectivity index (χ4v) is 5.16. The molecule has 0 aliphatic carbocycles. The molecular weight excluding hydrogens is 532 g/mol. The summed E-state index contributed by atoms with van der Waals surface area (Å²) in [7, 11) is -3.66. The second-order valence-corrected chi connectivity index (χ2v) is 12.5. The number of rotatable bonds is 12. The zero-order chi connectivity index (χ0) is 27.0. The molecule has 3 N–H and O–H groups in total. The fourth-order valence-electron chi connectivity index (χ4n) is 3.52. The highest BCUT2D eigenvalue weighted by atomic mass is 35.5. The molecule has 3 aromatic rings. The van der Waals surface area contributed by atoms with Crippen molar-refractivity contribution in [1.29, 1.82) is 0 Å². The lowest BCUT2D eigenvalue weighted by molar-refractivity contribution is 0.0979. The summed E-state index contributed by atoms with van der Waals surface area (Å²) in [5, 5.41) is 14.2. The molecular formula is C27H31ClN2O5S2. The zero-order valence-corrected chi connectivity index (χ0v) is 23.3. The molecule has 0 spiro atoms. The molecule has 3 rings (SSSR count). The third kappa shape index (κ3) is 9.36. The second-order valence-electron chi connectivity index (χ2n) is 8.73. The van der Waals surface area contributed by atoms with Gasteiger partial charge in [-0.2, -0.15) is 0 Å². The highest BCUT2D eigenvalue weighted by Crippen LogP contribution is 2.32. The van der Waals surface area contributed by atoms with Crippen LogP contribution < -0.4 is 14.8 Å². The number of carbonyl (C=O) groups excluding carboxylic acids is 1. The van der Waals surface area contributed by atoms with Gasteiger partial charge in [-0.25, -0.2) is 13.1 Å². The van der Waals surface area contributed by atoms with E-state index in [9.17, 15) is 18.3 Å². The Morgan fingerprint density at radius 2 is 1.76 bits per heavy atom. The molecule has 7 nitrogen and oxygen atoms in total. The van der Waals surface area contributed by atoms with E-state index >= 15 is 0 Å². The van der Waals surface area contributed by atoms with Gasteiger partial charge in [0.25, 0.3) is 5.91 Å². The number of thioether (sulfide) groups is 1. The van der Waals surface area contributed by atoms with Gasteiger partial charge in [0.2, 0.25) is 10.0 Å². The predicted molar refractivity (Wildman–Crippen MR) is 150 cm³/mol. The van der Waals surface area contributed by atoms with Gasteiger partial charge in [0, 0.05) is 28.3 Å². The van der Waals surface area contributed by atoms with Gasteiger partial charge in [-0.1, -0.05) is 55.8 Å². The van der Waals surface area contributed by atoms with E-state index in [0.717, 1.165) is 22.9 Å². The summed E-state index contributed by atoms with van der Waals surface area (Å²) in [5.74, 6) is 0.0662. The van der Waals surface area contributed by atoms with Gasteiger partial charge in [0.05, 0.1) is 17.9 Å². The van der Waals surface area contributed by atoms with E-state index in [1.165, 1.54) is 11.8 Å². The Hall–Kier alpha value is -2.56. The molecule has 0 bridgehead atoms. The van der Waals surface area contributed by atoms with E-state index in [2.05, 4.69) is 5.32 Å². The number of nitrogens with one attached hydrogen (secondary N) is 2. The zero-order valence-electron chi connectivity index (χ0n) is 20.9. The van der Waals surface area contributed by atoms with E-state index in [0.29, 0.717) is 40.9 Å². The number of aliphatic hydroxyl groups is 1. The average Bonchev–Trinajstić information content (AvgIpc) is 2.82. The monoisotopic (exact) mass is 562 g/mol. The van der Waals surface area contributed by atoms with Crippen LogP contribution in [0.5, 0.6) is 5.75 Å². The SMILES string of the molecule is CC(C)Sc1cc(-c2ccc(OCCNC[C@@H](O)c3cccc(Cl)c3)cc2)ccc1C(=O)NS(C)(=O)=O. The molecule has 1 atom stereocenters. The van der Waals surface area contributed by atoms with E-state index in [1.54, 1.807) is 24.3 Å². The van der Waals surface area contributed by atoms with E-state index < -0.39 is 22.0 Å². The molecule has 0 fully saturated rings. The van der Waals surface area contributed by atoms with Crippen LogP contribution in [0.2, 0.25) is 5.02 Å². The van der Waals surface area contributed by atoms with Crippen LogP contribution in [0.15, 0.2) is 71.6 Å². The number of sulfonamides is 1. The number of hydrogen-bond acceptors (Lipinski definition) is 7. The van der Waals surface area contributed by atoms with Gasteiger partial charge < -0.3 is 15.2 Å². The Labute approximate surface area is 227 Å². The predicted octanol–water partition coefficient (Wildman–Crippen LogP) is 4.90. The fraction of sp³-hybridized carbons (Fsp3) is 0.296. The van der Waals surface area contributed by atoms with Crippen molar-refractivity contribution < 1.29 is 23.1 Å². The number of carbonyl (C=O) groups is 1. The molecule has 0 heterocycles. The summed E-state index contributed by atoms with van der Waals surface area (Å²) < 4.78 is 30.9. The standard InChI is InChI=1S/C27H31ClN2O5S2/c1-18(2)36-26-16-20(9-12-24(26)27(32)30-37(3,33)34)19-7-10-23(11-8-19)35-14-13-29-17-25(31)21-5-4-6-22(28)15-21/h4-12,15-16,18,25,29,31H,13-14,17H2,1-3H3,(H,30,32)/t25-/m1/s1. The number of aliphatic hydroxyl groups excluding tert-OH is 1. The topological polar surface area (TPSA) is 105 Å². The summed E-state index contributed by atoms with van der Waals surface area (Å²) in [6.07, 6.45) is 0.305. The maximum atomic E-state index is 12.5. The summed E-state index contributed by atoms with van der Waals surface area (Å²) in [4.78, 5) is 13.2. The van der Waals surface area contributed by atoms with Crippen LogP contribution >= 0.6 is 23.4 Å². The quantitative estimate of drug-likeness (QED) is 0.213. The van der Waals surface area contributed by atoms with Gasteiger partial charge >= 0.3 is 0 Å². The smallest absolute Gasteiger partial charge is 0.265 e. The van der Waals surface area contributed by atoms with Crippen molar-refractivity contribution in [3.63, 3.8) is 0 Å². The minimum Gasteiger partial charge on any atom is -0.492 e. The van der Waals surface area contributed by atoms with Crippen LogP contribution in [0.3, 0.4) is 0 Å². The Kier molecular flexibility index (Phi) is 10.4. The van der Waals surface area contributed by atoms with Crippen LogP contribution in [-0.4, -0.2) is 50.6 Å². The molecule has 0 radical (unpaired) electrons. The molecule has 37 heavy (non-hydrogen) atoms. The normalized spacial score (nSPS) is 12.4. The summed E-state index contributed by atoms with van der Waals surface area (Å²) in [6, 6.07) is 20.1. The van der Waals surface area contributed by atoms with Crippen molar-refractivity contribution in [2.24, 2.45) is 0 Å². The number of benzene rings is 3. The second kappa shape index (κ2) is 13.3. The molecule has 0 aromatic heterocycles. The van der Waals surface area contributed by atoms with Crippen molar-refractivity contribution in [2.45, 2.75) is 30.1 Å². The van der Waals surface area contributed by atoms with Gasteiger partial charge in [0.1, 0.15) is 12.4 Å². The molecule has 0 saturated carbocycles. The van der Waals surface area contributed by atoms with Gasteiger partial charge in [-0.05, 0) is 53.1 Å². The molecule has 10 heteroatoms. The first-order chi connectivity index (χ1) is 17.5. The van der Waals surface area contributed by atoms with Crippen molar-refractivity contribution in [1.82, 2.24) is 10.0 Å². The van der Waals surface area contributed by atoms with Gasteiger partial charge in [-0.15, -0.1) is 11.8 Å². The molecule has 3 aromatic carbocycles. The molecule has 0 aliphatic heterocycles. The van der Waals surface area contributed by atoms with Crippen molar-refractivity contribution >= 4 is 39.3 Å². The molecule has 1 amide bonds. The molecule has 0 aliphatic rings. The Balaban J connectivity index is 1.57. The first kappa shape index (κ1) is 29.0. The summed E-state index contributed by atoms with van der Waals surface area (Å²) >= 11 is 7.47. The average molecular weight is 563 g/mol. The molecule has 0 unspecified atom stereocenters. The third-order valence-corrected chi connectivity index (χ3v) is 7.03. The van der Waals surface area contributed by atoms with Crippen LogP contribution in [0.25, 0.3) is 11.1 Å². The Morgan fingerprint density at radius 1 is 1.05 bits per heavy atom. The highest BCUT2D eigenvalue weighted by molar-refractivity contribution is 8.00. The van der Waals surface area contributed by atoms with Gasteiger partial charge in [-0.3, -0.25) is 4.79 Å². The molecule has 198 valence electrons. The van der Waals surface area contributed by atoms with Crippen LogP contribution in [0.4, 0.5) is 0 Å². The largest absolute Gasteiger partial charge is 0.492 e. The van der Waals surface area contributed by atoms with Gasteiger partial charge in [0.15, 0.2) is 0 Å². The number of ether oxygens (including phenoxy) is 1. The number of amides is 1. The number of halogens is 1. The summed E-state index contributed by atoms with van der Waals surface area (Å²) in [5.41, 5.74) is 2.93. The lowest BCUT2D eigenvalue weighted by atomic mass is 10.0. The lowest BCUT2D eigenvalue weighted by Crippen LogP contribution is -2.29. The third-order valence-electron chi connectivity index (χ3n) is 5.17. The maximum absolute atomic E-state index is 12.5. The first-order valence-electron chi connectivity index (χ1n) is 11.7. The van der Waals surface area contributed by atoms with Crippen molar-refractivity contribution in [3.8, 4) is 16.9 Å². The highest BCUT2D eigenvalue weighted by Gasteiger charge is 2.17. The lowest BCUT2D eigenvalue weighted by Gasteiger charge is -2.14. The van der Waals surface area contributed by atoms with E-state index in [1.807, 2.05) is 61.0 Å². The Morgan fingerprint density at radius 3 is 2.41 bits per heavy atom. The van der Waals surface area contributed by atoms with Crippen LogP contribution in [0, 0.1) is 0 Å². The maximum Gasteiger partial charge on any atom is 0.265 e. The van der Waals surface area contributed by atoms with E-state index in [-0.39, 0.29) is 5.25 Å². The first-order valence-corrected chi connectivity index (χ1v) is 14.9. The Bertz CT molecular complexity index is 1310. The number of hydrogen-bond donors (Lipinski definition) is 3. The minimum atomic E-state index is -3.66. The van der Waals surface area contributed by atoms with Crippen molar-refractivity contribution in [3.05, 3.63) is 82.9 Å². The van der Waals surface area contributed by atoms with Crippen LogP contribution in [-0.2, 0) is 10.0 Å². The van der Waals surface area contributed by atoms with Crippen molar-refractivity contribution in [2.75, 3.05) is 26.0 Å².